The minimum absolute atomic E-state index is 0.261. The monoisotopic (exact) mass is 557 g/mol. The molecule has 0 amide bonds. The van der Waals surface area contributed by atoms with Gasteiger partial charge in [-0.2, -0.15) is 0 Å². The molecule has 0 aliphatic rings. The van der Waals surface area contributed by atoms with Gasteiger partial charge < -0.3 is 9.80 Å². The number of hydrogen-bond acceptors (Lipinski definition) is 8. The van der Waals surface area contributed by atoms with Crippen LogP contribution in [-0.4, -0.2) is 97.6 Å². The molecule has 0 N–H and O–H groups in total. The van der Waals surface area contributed by atoms with Crippen LogP contribution in [0.15, 0.2) is 9.59 Å². The molecule has 0 bridgehead atoms. The molecule has 9 heteroatoms. The molecular weight excluding hydrogens is 507 g/mol. The molecule has 211 valence electrons. The Balaban J connectivity index is 0.000000712. The van der Waals surface area contributed by atoms with Crippen LogP contribution in [0, 0.1) is 0 Å². The first kappa shape index (κ1) is 35.6. The first-order valence-corrected chi connectivity index (χ1v) is 14.3. The van der Waals surface area contributed by atoms with Gasteiger partial charge in [0, 0.05) is 25.7 Å². The predicted octanol–water partition coefficient (Wildman–Crippen LogP) is 2.23. The van der Waals surface area contributed by atoms with Gasteiger partial charge in [0.25, 0.3) is 0 Å². The quantitative estimate of drug-likeness (QED) is 0.213. The number of aldehydes is 1. The van der Waals surface area contributed by atoms with Crippen molar-refractivity contribution in [1.82, 2.24) is 14.7 Å². The van der Waals surface area contributed by atoms with Gasteiger partial charge in [0.1, 0.15) is 0 Å². The molecule has 1 aromatic rings. The Morgan fingerprint density at radius 3 is 1.70 bits per heavy atom. The van der Waals surface area contributed by atoms with Crippen molar-refractivity contribution in [3.8, 4) is 0 Å². The van der Waals surface area contributed by atoms with Gasteiger partial charge in [0.2, 0.25) is 10.9 Å². The van der Waals surface area contributed by atoms with Crippen molar-refractivity contribution in [3.63, 3.8) is 0 Å². The zero-order chi connectivity index (χ0) is 28.8. The normalized spacial score (nSPS) is 11.6. The predicted molar refractivity (Wildman–Crippen MR) is 151 cm³/mol. The summed E-state index contributed by atoms with van der Waals surface area (Å²) in [4.78, 5) is 53.7. The van der Waals surface area contributed by atoms with Crippen LogP contribution >= 0.6 is 0 Å². The van der Waals surface area contributed by atoms with Crippen LogP contribution in [-0.2, 0) is 32.0 Å². The molecule has 8 nitrogen and oxygen atoms in total. The van der Waals surface area contributed by atoms with Crippen molar-refractivity contribution >= 4 is 22.1 Å². The van der Waals surface area contributed by atoms with E-state index in [4.69, 9.17) is 0 Å². The van der Waals surface area contributed by atoms with E-state index in [9.17, 15) is 19.2 Å². The van der Waals surface area contributed by atoms with Crippen LogP contribution < -0.4 is 15.8 Å². The molecule has 0 unspecified atom stereocenters. The third kappa shape index (κ3) is 11.9. The second kappa shape index (κ2) is 18.0. The number of Topliss-reactive ketones (excluding diaryl/α,β-unsaturated/α-hetero) is 1. The first-order valence-electron chi connectivity index (χ1n) is 13.6. The van der Waals surface area contributed by atoms with E-state index in [2.05, 4.69) is 54.5 Å². The Kier molecular flexibility index (Phi) is 17.2. The van der Waals surface area contributed by atoms with Crippen molar-refractivity contribution in [2.75, 3.05) is 71.4 Å². The Bertz CT molecular complexity index is 912. The van der Waals surface area contributed by atoms with Gasteiger partial charge in [-0.05, 0) is 24.9 Å². The van der Waals surface area contributed by atoms with Crippen LogP contribution in [0.5, 0.6) is 0 Å². The summed E-state index contributed by atoms with van der Waals surface area (Å²) in [6.07, 6.45) is 3.76. The van der Waals surface area contributed by atoms with E-state index in [-0.39, 0.29) is 16.3 Å². The molecule has 0 atom stereocenters. The summed E-state index contributed by atoms with van der Waals surface area (Å²) in [5.41, 5.74) is 0.414. The van der Waals surface area contributed by atoms with E-state index in [1.54, 1.807) is 0 Å². The molecule has 1 rings (SSSR count). The number of carbonyl (C=O) groups is 2. The van der Waals surface area contributed by atoms with Gasteiger partial charge in [-0.15, -0.1) is 0 Å². The summed E-state index contributed by atoms with van der Waals surface area (Å²) in [6.45, 7) is 22.2. The third-order valence-corrected chi connectivity index (χ3v) is 7.15. The molecule has 0 aromatic heterocycles. The number of likely N-dealkylation sites (N-methyl/N-ethyl adjacent to an activating group) is 3. The zero-order valence-electron chi connectivity index (χ0n) is 24.7. The average Bonchev–Trinajstić information content (AvgIpc) is 2.85. The number of anilines is 1. The van der Waals surface area contributed by atoms with E-state index >= 15 is 0 Å². The molecule has 1 aromatic carbocycles. The van der Waals surface area contributed by atoms with E-state index in [1.165, 1.54) is 0 Å². The van der Waals surface area contributed by atoms with Crippen LogP contribution in [0.25, 0.3) is 0 Å². The zero-order valence-corrected chi connectivity index (χ0v) is 26.1. The summed E-state index contributed by atoms with van der Waals surface area (Å²) in [6, 6.07) is 0. The topological polar surface area (TPSA) is 81.2 Å². The molecule has 0 heterocycles. The molecule has 0 spiro atoms. The van der Waals surface area contributed by atoms with Gasteiger partial charge in [-0.1, -0.05) is 34.6 Å². The molecule has 0 saturated heterocycles. The van der Waals surface area contributed by atoms with Crippen LogP contribution in [0.1, 0.15) is 73.3 Å². The van der Waals surface area contributed by atoms with Gasteiger partial charge >= 0.3 is 113 Å². The Hall–Kier alpha value is -1.45. The van der Waals surface area contributed by atoms with Crippen molar-refractivity contribution in [3.05, 3.63) is 26.0 Å². The Labute approximate surface area is 233 Å². The molecule has 0 fully saturated rings. The maximum absolute atomic E-state index is 11.8. The summed E-state index contributed by atoms with van der Waals surface area (Å²) in [5.74, 6) is -0.454. The van der Waals surface area contributed by atoms with Gasteiger partial charge in [0.05, 0.1) is 5.69 Å². The SMILES string of the molecule is CCCN(CC)CCN(C)c1c(C(C)(C)C)c(=O)c1=O.CCCN(CCC)CCN(C)[C](=[V])C(=O)C=O. The van der Waals surface area contributed by atoms with Crippen molar-refractivity contribution in [1.29, 1.82) is 0 Å². The minimum atomic E-state index is -0.454. The Morgan fingerprint density at radius 1 is 0.784 bits per heavy atom. The molecule has 0 saturated carbocycles. The number of rotatable bonds is 17. The number of hydrogen-bond donors (Lipinski definition) is 0. The van der Waals surface area contributed by atoms with Crippen molar-refractivity contribution in [2.24, 2.45) is 0 Å². The molecule has 37 heavy (non-hydrogen) atoms. The summed E-state index contributed by atoms with van der Waals surface area (Å²) >= 11 is 2.18. The fourth-order valence-electron chi connectivity index (χ4n) is 4.19. The standard InChI is InChI=1S/C16H28N2O2.C12H22N2O2.V/c1-7-9-18(8-2)11-10-17(6)13-12(16(3,4)5)14(19)15(13)20;1-4-6-14(7-5-2)9-8-13(3)10-12(16)11-15;/h7-11H2,1-6H3;11H,4-9H2,1-3H3;. The van der Waals surface area contributed by atoms with Gasteiger partial charge in [-0.3, -0.25) is 9.59 Å². The van der Waals surface area contributed by atoms with Crippen LogP contribution in [0.2, 0.25) is 0 Å². The summed E-state index contributed by atoms with van der Waals surface area (Å²) < 4.78 is 0.459. The van der Waals surface area contributed by atoms with Gasteiger partial charge in [-0.25, -0.2) is 0 Å². The maximum atomic E-state index is 11.8. The fraction of sp³-hybridized carbons (Fsp3) is 0.750. The molecule has 0 radical (unpaired) electrons. The third-order valence-electron chi connectivity index (χ3n) is 6.28. The number of carbonyl (C=O) groups excluding carboxylic acids is 2. The van der Waals surface area contributed by atoms with Gasteiger partial charge in [0.15, 0.2) is 0 Å². The fourth-order valence-corrected chi connectivity index (χ4v) is 4.43. The van der Waals surface area contributed by atoms with E-state index in [0.717, 1.165) is 71.6 Å². The first-order chi connectivity index (χ1) is 17.3. The second-order valence-corrected chi connectivity index (χ2v) is 11.2. The second-order valence-electron chi connectivity index (χ2n) is 10.6. The van der Waals surface area contributed by atoms with E-state index in [0.29, 0.717) is 21.9 Å². The molecule has 0 aliphatic carbocycles. The van der Waals surface area contributed by atoms with E-state index < -0.39 is 5.78 Å². The molecular formula is C28H50N4O4V. The van der Waals surface area contributed by atoms with Crippen molar-refractivity contribution in [2.45, 2.75) is 73.1 Å². The number of nitrogens with zero attached hydrogens (tertiary/aromatic N) is 4. The summed E-state index contributed by atoms with van der Waals surface area (Å²) in [7, 11) is 3.75. The number of ketones is 1. The van der Waals surface area contributed by atoms with Crippen LogP contribution in [0.4, 0.5) is 5.69 Å². The van der Waals surface area contributed by atoms with Crippen molar-refractivity contribution < 1.29 is 26.6 Å². The average molecular weight is 558 g/mol. The van der Waals surface area contributed by atoms with E-state index in [1.807, 2.05) is 44.7 Å². The molecule has 0 aliphatic heterocycles. The summed E-state index contributed by atoms with van der Waals surface area (Å²) in [5, 5.41) is 0. The van der Waals surface area contributed by atoms with Crippen LogP contribution in [0.3, 0.4) is 0 Å². The Morgan fingerprint density at radius 2 is 1.27 bits per heavy atom.